The van der Waals surface area contributed by atoms with Gasteiger partial charge in [0.1, 0.15) is 16.4 Å². The molecule has 2 aliphatic rings. The number of hydrogen-bond acceptors (Lipinski definition) is 5. The van der Waals surface area contributed by atoms with Gasteiger partial charge in [0.05, 0.1) is 17.9 Å². The van der Waals surface area contributed by atoms with Crippen LogP contribution in [0.25, 0.3) is 22.0 Å². The largest absolute Gasteiger partial charge is 0.444 e. The number of aromatic nitrogens is 4. The summed E-state index contributed by atoms with van der Waals surface area (Å²) in [6.07, 6.45) is 13.2. The molecule has 1 amide bonds. The molecule has 2 aliphatic heterocycles. The monoisotopic (exact) mass is 543 g/mol. The summed E-state index contributed by atoms with van der Waals surface area (Å²) in [7, 11) is 0. The second kappa shape index (κ2) is 9.93. The first-order valence-electron chi connectivity index (χ1n) is 12.6. The van der Waals surface area contributed by atoms with E-state index in [1.165, 1.54) is 6.42 Å². The van der Waals surface area contributed by atoms with Crippen molar-refractivity contribution in [1.82, 2.24) is 24.2 Å². The van der Waals surface area contributed by atoms with Crippen LogP contribution in [-0.4, -0.2) is 55.6 Å². The summed E-state index contributed by atoms with van der Waals surface area (Å²) in [6, 6.07) is 2.08. The van der Waals surface area contributed by atoms with Crippen LogP contribution < -0.4 is 0 Å². The van der Waals surface area contributed by atoms with Crippen molar-refractivity contribution in [1.29, 1.82) is 0 Å². The van der Waals surface area contributed by atoms with Crippen molar-refractivity contribution < 1.29 is 14.3 Å². The van der Waals surface area contributed by atoms with Gasteiger partial charge in [-0.05, 0) is 80.8 Å². The Morgan fingerprint density at radius 2 is 1.97 bits per heavy atom. The number of hydrogen-bond donors (Lipinski definition) is 0. The highest BCUT2D eigenvalue weighted by molar-refractivity contribution is 9.10. The van der Waals surface area contributed by atoms with E-state index in [0.29, 0.717) is 5.92 Å². The lowest BCUT2D eigenvalue weighted by Gasteiger charge is -2.33. The molecule has 8 nitrogen and oxygen atoms in total. The van der Waals surface area contributed by atoms with Gasteiger partial charge in [0, 0.05) is 55.1 Å². The maximum Gasteiger partial charge on any atom is 0.410 e. The zero-order valence-corrected chi connectivity index (χ0v) is 22.3. The first-order chi connectivity index (χ1) is 16.8. The topological polar surface area (TPSA) is 74.4 Å². The van der Waals surface area contributed by atoms with E-state index in [2.05, 4.69) is 49.0 Å². The smallest absolute Gasteiger partial charge is 0.410 e. The third-order valence-electron chi connectivity index (χ3n) is 6.82. The molecule has 3 aromatic rings. The molecular weight excluding hydrogens is 510 g/mol. The molecule has 1 atom stereocenters. The summed E-state index contributed by atoms with van der Waals surface area (Å²) in [5, 5.41) is 5.78. The minimum absolute atomic E-state index is 0.0226. The summed E-state index contributed by atoms with van der Waals surface area (Å²) < 4.78 is 16.6. The van der Waals surface area contributed by atoms with Gasteiger partial charge in [0.25, 0.3) is 0 Å². The van der Waals surface area contributed by atoms with Crippen LogP contribution in [0.15, 0.2) is 35.5 Å². The molecule has 0 bridgehead atoms. The SMILES string of the molecule is CC(C)(C)OC(=O)N1CCC(Cn2cc(-c3cnn(C4CCCCO4)c3)c3cc(Br)ncc32)CC1. The maximum absolute atomic E-state index is 12.4. The van der Waals surface area contributed by atoms with E-state index in [4.69, 9.17) is 9.47 Å². The number of piperidine rings is 1. The summed E-state index contributed by atoms with van der Waals surface area (Å²) in [5.74, 6) is 0.485. The number of carbonyl (C=O) groups excluding carboxylic acids is 1. The lowest BCUT2D eigenvalue weighted by atomic mass is 9.97. The molecule has 3 aromatic heterocycles. The van der Waals surface area contributed by atoms with Crippen molar-refractivity contribution >= 4 is 32.9 Å². The highest BCUT2D eigenvalue weighted by atomic mass is 79.9. The molecule has 1 unspecified atom stereocenters. The van der Waals surface area contributed by atoms with Crippen LogP contribution in [0.2, 0.25) is 0 Å². The molecule has 0 aliphatic carbocycles. The quantitative estimate of drug-likeness (QED) is 0.376. The number of fused-ring (bicyclic) bond motifs is 1. The van der Waals surface area contributed by atoms with Gasteiger partial charge in [-0.2, -0.15) is 5.10 Å². The summed E-state index contributed by atoms with van der Waals surface area (Å²) in [5.41, 5.74) is 2.88. The first kappa shape index (κ1) is 24.3. The Morgan fingerprint density at radius 3 is 2.69 bits per heavy atom. The Bertz CT molecular complexity index is 1180. The van der Waals surface area contributed by atoms with E-state index in [0.717, 1.165) is 78.6 Å². The average Bonchev–Trinajstić information content (AvgIpc) is 3.44. The van der Waals surface area contributed by atoms with Crippen molar-refractivity contribution in [3.8, 4) is 11.1 Å². The molecule has 35 heavy (non-hydrogen) atoms. The number of halogens is 1. The van der Waals surface area contributed by atoms with Crippen molar-refractivity contribution in [2.45, 2.75) is 71.2 Å². The van der Waals surface area contributed by atoms with Gasteiger partial charge in [0.15, 0.2) is 0 Å². The normalized spacial score (nSPS) is 19.9. The first-order valence-corrected chi connectivity index (χ1v) is 13.3. The molecule has 0 radical (unpaired) electrons. The molecule has 2 fully saturated rings. The van der Waals surface area contributed by atoms with Crippen LogP contribution in [-0.2, 0) is 16.0 Å². The van der Waals surface area contributed by atoms with Crippen molar-refractivity contribution in [2.24, 2.45) is 5.92 Å². The highest BCUT2D eigenvalue weighted by Gasteiger charge is 2.27. The Balaban J connectivity index is 1.33. The minimum Gasteiger partial charge on any atom is -0.444 e. The molecule has 5 rings (SSSR count). The second-order valence-corrected chi connectivity index (χ2v) is 11.5. The fourth-order valence-corrected chi connectivity index (χ4v) is 5.34. The standard InChI is InChI=1S/C26H34BrN5O3/c1-26(2,3)35-25(33)30-9-7-18(8-10-30)15-31-17-21(20-12-23(27)28-14-22(20)31)19-13-29-32(16-19)24-6-4-5-11-34-24/h12-14,16-18,24H,4-11,15H2,1-3H3. The molecule has 9 heteroatoms. The van der Waals surface area contributed by atoms with Crippen LogP contribution >= 0.6 is 15.9 Å². The van der Waals surface area contributed by atoms with Crippen molar-refractivity contribution in [3.63, 3.8) is 0 Å². The molecule has 0 N–H and O–H groups in total. The summed E-state index contributed by atoms with van der Waals surface area (Å²) in [6.45, 7) is 8.86. The third-order valence-corrected chi connectivity index (χ3v) is 7.25. The van der Waals surface area contributed by atoms with E-state index in [-0.39, 0.29) is 12.3 Å². The number of ether oxygens (including phenoxy) is 2. The third kappa shape index (κ3) is 5.56. The Morgan fingerprint density at radius 1 is 1.17 bits per heavy atom. The molecular formula is C26H34BrN5O3. The predicted octanol–water partition coefficient (Wildman–Crippen LogP) is 6.01. The van der Waals surface area contributed by atoms with Crippen LogP contribution in [0.3, 0.4) is 0 Å². The van der Waals surface area contributed by atoms with Gasteiger partial charge in [-0.25, -0.2) is 14.5 Å². The van der Waals surface area contributed by atoms with Gasteiger partial charge < -0.3 is 18.9 Å². The maximum atomic E-state index is 12.4. The van der Waals surface area contributed by atoms with Gasteiger partial charge >= 0.3 is 6.09 Å². The number of likely N-dealkylation sites (tertiary alicyclic amines) is 1. The fourth-order valence-electron chi connectivity index (χ4n) is 5.01. The number of carbonyl (C=O) groups is 1. The summed E-state index contributed by atoms with van der Waals surface area (Å²) >= 11 is 3.54. The van der Waals surface area contributed by atoms with Crippen LogP contribution in [0.4, 0.5) is 4.79 Å². The van der Waals surface area contributed by atoms with E-state index < -0.39 is 5.60 Å². The number of rotatable bonds is 4. The Labute approximate surface area is 214 Å². The predicted molar refractivity (Wildman–Crippen MR) is 138 cm³/mol. The van der Waals surface area contributed by atoms with Gasteiger partial charge in [-0.1, -0.05) is 0 Å². The lowest BCUT2D eigenvalue weighted by Crippen LogP contribution is -2.42. The number of amides is 1. The van der Waals surface area contributed by atoms with E-state index in [9.17, 15) is 4.79 Å². The van der Waals surface area contributed by atoms with E-state index in [1.54, 1.807) is 0 Å². The van der Waals surface area contributed by atoms with Gasteiger partial charge in [-0.15, -0.1) is 0 Å². The van der Waals surface area contributed by atoms with Crippen molar-refractivity contribution in [2.75, 3.05) is 19.7 Å². The summed E-state index contributed by atoms with van der Waals surface area (Å²) in [4.78, 5) is 18.8. The van der Waals surface area contributed by atoms with Gasteiger partial charge in [-0.3, -0.25) is 0 Å². The van der Waals surface area contributed by atoms with Gasteiger partial charge in [0.2, 0.25) is 0 Å². The molecule has 2 saturated heterocycles. The van der Waals surface area contributed by atoms with Crippen molar-refractivity contribution in [3.05, 3.63) is 35.5 Å². The fraction of sp³-hybridized carbons (Fsp3) is 0.577. The average molecular weight is 544 g/mol. The zero-order chi connectivity index (χ0) is 24.6. The molecule has 5 heterocycles. The molecule has 188 valence electrons. The number of nitrogens with zero attached hydrogens (tertiary/aromatic N) is 5. The molecule has 0 aromatic carbocycles. The highest BCUT2D eigenvalue weighted by Crippen LogP contribution is 2.34. The van der Waals surface area contributed by atoms with Crippen LogP contribution in [0.5, 0.6) is 0 Å². The number of pyridine rings is 1. The van der Waals surface area contributed by atoms with E-state index in [1.807, 2.05) is 42.7 Å². The minimum atomic E-state index is -0.466. The molecule has 0 saturated carbocycles. The van der Waals surface area contributed by atoms with E-state index >= 15 is 0 Å². The Hall–Kier alpha value is -2.39. The lowest BCUT2D eigenvalue weighted by molar-refractivity contribution is -0.0394. The Kier molecular flexibility index (Phi) is 6.90. The van der Waals surface area contributed by atoms with Crippen LogP contribution in [0.1, 0.15) is 59.1 Å². The zero-order valence-electron chi connectivity index (χ0n) is 20.7. The second-order valence-electron chi connectivity index (χ2n) is 10.7. The van der Waals surface area contributed by atoms with Crippen LogP contribution in [0, 0.1) is 5.92 Å². The molecule has 0 spiro atoms.